The Kier molecular flexibility index (Phi) is 7.73. The van der Waals surface area contributed by atoms with Crippen molar-refractivity contribution < 1.29 is 19.0 Å². The number of rotatable bonds is 9. The molecule has 1 aromatic heterocycles. The van der Waals surface area contributed by atoms with Gasteiger partial charge in [0.15, 0.2) is 17.2 Å². The Bertz CT molecular complexity index is 881. The quantitative estimate of drug-likeness (QED) is 0.604. The lowest BCUT2D eigenvalue weighted by molar-refractivity contribution is 0.0767. The average Bonchev–Trinajstić information content (AvgIpc) is 3.30. The molecule has 2 aromatic rings. The Morgan fingerprint density at radius 1 is 1.13 bits per heavy atom. The number of hydrogen-bond donors (Lipinski definition) is 0. The number of aromatic nitrogens is 3. The number of carbonyl (C=O) groups excluding carboxylic acids is 1. The standard InChI is InChI=1S/C22H33N5O4/c1-6-26(7-2)22(28)18-15-27(24-23-18)17-9-8-12-25(14-17)13-16-10-11-19(29-3)21(31-5)20(16)30-4/h10-11,15,17H,6-9,12-14H2,1-5H3. The van der Waals surface area contributed by atoms with Crippen LogP contribution in [0.5, 0.6) is 17.2 Å². The van der Waals surface area contributed by atoms with E-state index < -0.39 is 0 Å². The molecule has 9 nitrogen and oxygen atoms in total. The van der Waals surface area contributed by atoms with Gasteiger partial charge in [0, 0.05) is 31.7 Å². The molecule has 1 aromatic carbocycles. The van der Waals surface area contributed by atoms with Crippen LogP contribution in [0.1, 0.15) is 48.8 Å². The maximum atomic E-state index is 12.6. The monoisotopic (exact) mass is 431 g/mol. The predicted molar refractivity (Wildman–Crippen MR) is 117 cm³/mol. The maximum Gasteiger partial charge on any atom is 0.276 e. The summed E-state index contributed by atoms with van der Waals surface area (Å²) in [7, 11) is 4.87. The SMILES string of the molecule is CCN(CC)C(=O)c1cn(C2CCCN(Cc3ccc(OC)c(OC)c3OC)C2)nn1. The minimum Gasteiger partial charge on any atom is -0.493 e. The predicted octanol–water partition coefficient (Wildman–Crippen LogP) is 2.62. The molecule has 2 heterocycles. The van der Waals surface area contributed by atoms with Crippen molar-refractivity contribution in [1.29, 1.82) is 0 Å². The number of nitrogens with zero attached hydrogens (tertiary/aromatic N) is 5. The number of hydrogen-bond acceptors (Lipinski definition) is 7. The molecule has 1 saturated heterocycles. The van der Waals surface area contributed by atoms with Gasteiger partial charge in [0.2, 0.25) is 5.75 Å². The summed E-state index contributed by atoms with van der Waals surface area (Å²) in [6.07, 6.45) is 3.83. The number of benzene rings is 1. The van der Waals surface area contributed by atoms with Crippen molar-refractivity contribution in [3.05, 3.63) is 29.6 Å². The summed E-state index contributed by atoms with van der Waals surface area (Å²) in [6.45, 7) is 7.77. The van der Waals surface area contributed by atoms with E-state index in [9.17, 15) is 4.79 Å². The lowest BCUT2D eigenvalue weighted by Gasteiger charge is -2.33. The second-order valence-corrected chi connectivity index (χ2v) is 7.59. The summed E-state index contributed by atoms with van der Waals surface area (Å²) in [5.41, 5.74) is 1.44. The summed E-state index contributed by atoms with van der Waals surface area (Å²) in [5.74, 6) is 1.87. The minimum atomic E-state index is -0.0704. The molecule has 0 N–H and O–H groups in total. The van der Waals surface area contributed by atoms with Crippen LogP contribution in [0.25, 0.3) is 0 Å². The topological polar surface area (TPSA) is 82.0 Å². The van der Waals surface area contributed by atoms with Crippen molar-refractivity contribution in [2.75, 3.05) is 47.5 Å². The molecule has 1 aliphatic rings. The first kappa shape index (κ1) is 22.9. The van der Waals surface area contributed by atoms with Crippen molar-refractivity contribution in [3.63, 3.8) is 0 Å². The van der Waals surface area contributed by atoms with E-state index >= 15 is 0 Å². The zero-order valence-corrected chi connectivity index (χ0v) is 19.1. The third-order valence-corrected chi connectivity index (χ3v) is 5.81. The smallest absolute Gasteiger partial charge is 0.276 e. The number of carbonyl (C=O) groups is 1. The molecule has 1 aliphatic heterocycles. The summed E-state index contributed by atoms with van der Waals surface area (Å²) >= 11 is 0. The Morgan fingerprint density at radius 3 is 2.52 bits per heavy atom. The number of likely N-dealkylation sites (tertiary alicyclic amines) is 1. The van der Waals surface area contributed by atoms with Gasteiger partial charge in [-0.15, -0.1) is 5.10 Å². The first-order valence-corrected chi connectivity index (χ1v) is 10.8. The summed E-state index contributed by atoms with van der Waals surface area (Å²) in [4.78, 5) is 16.7. The zero-order chi connectivity index (χ0) is 22.4. The van der Waals surface area contributed by atoms with Gasteiger partial charge in [-0.2, -0.15) is 0 Å². The molecule has 1 unspecified atom stereocenters. The van der Waals surface area contributed by atoms with Gasteiger partial charge in [0.25, 0.3) is 5.91 Å². The molecule has 1 atom stereocenters. The molecular weight excluding hydrogens is 398 g/mol. The fourth-order valence-electron chi connectivity index (χ4n) is 4.15. The minimum absolute atomic E-state index is 0.0704. The molecule has 0 saturated carbocycles. The lowest BCUT2D eigenvalue weighted by atomic mass is 10.0. The summed E-state index contributed by atoms with van der Waals surface area (Å²) in [5, 5.41) is 8.41. The normalized spacial score (nSPS) is 16.7. The molecular formula is C22H33N5O4. The summed E-state index contributed by atoms with van der Waals surface area (Å²) in [6, 6.07) is 4.09. The maximum absolute atomic E-state index is 12.6. The van der Waals surface area contributed by atoms with Gasteiger partial charge in [-0.1, -0.05) is 11.3 Å². The van der Waals surface area contributed by atoms with Crippen LogP contribution in [0.15, 0.2) is 18.3 Å². The van der Waals surface area contributed by atoms with Crippen molar-refractivity contribution in [2.24, 2.45) is 0 Å². The van der Waals surface area contributed by atoms with Gasteiger partial charge in [0.1, 0.15) is 0 Å². The molecule has 1 amide bonds. The largest absolute Gasteiger partial charge is 0.493 e. The highest BCUT2D eigenvalue weighted by Gasteiger charge is 2.26. The van der Waals surface area contributed by atoms with Gasteiger partial charge in [0.05, 0.1) is 33.6 Å². The first-order chi connectivity index (χ1) is 15.1. The molecule has 170 valence electrons. The first-order valence-electron chi connectivity index (χ1n) is 10.8. The number of methoxy groups -OCH3 is 3. The van der Waals surface area contributed by atoms with Gasteiger partial charge in [-0.05, 0) is 39.3 Å². The molecule has 0 radical (unpaired) electrons. The van der Waals surface area contributed by atoms with Crippen molar-refractivity contribution >= 4 is 5.91 Å². The molecule has 1 fully saturated rings. The van der Waals surface area contributed by atoms with Gasteiger partial charge in [-0.25, -0.2) is 4.68 Å². The van der Waals surface area contributed by atoms with Gasteiger partial charge < -0.3 is 19.1 Å². The molecule has 9 heteroatoms. The van der Waals surface area contributed by atoms with Crippen LogP contribution in [-0.2, 0) is 6.54 Å². The van der Waals surface area contributed by atoms with E-state index in [0.29, 0.717) is 36.0 Å². The van der Waals surface area contributed by atoms with Crippen LogP contribution in [0.3, 0.4) is 0 Å². The second-order valence-electron chi connectivity index (χ2n) is 7.59. The molecule has 0 bridgehead atoms. The van der Waals surface area contributed by atoms with Gasteiger partial charge in [-0.3, -0.25) is 9.69 Å². The molecule has 31 heavy (non-hydrogen) atoms. The highest BCUT2D eigenvalue weighted by molar-refractivity contribution is 5.91. The number of amides is 1. The Balaban J connectivity index is 1.73. The third-order valence-electron chi connectivity index (χ3n) is 5.81. The van der Waals surface area contributed by atoms with Crippen molar-refractivity contribution in [2.45, 2.75) is 39.3 Å². The van der Waals surface area contributed by atoms with Crippen LogP contribution < -0.4 is 14.2 Å². The van der Waals surface area contributed by atoms with E-state index in [2.05, 4.69) is 15.2 Å². The summed E-state index contributed by atoms with van der Waals surface area (Å²) < 4.78 is 18.4. The van der Waals surface area contributed by atoms with Crippen molar-refractivity contribution in [1.82, 2.24) is 24.8 Å². The molecule has 0 aliphatic carbocycles. The lowest BCUT2D eigenvalue weighted by Crippen LogP contribution is -2.36. The third kappa shape index (κ3) is 4.92. The van der Waals surface area contributed by atoms with Crippen LogP contribution in [-0.4, -0.2) is 78.2 Å². The van der Waals surface area contributed by atoms with Crippen LogP contribution >= 0.6 is 0 Å². The van der Waals surface area contributed by atoms with E-state index in [4.69, 9.17) is 14.2 Å². The van der Waals surface area contributed by atoms with E-state index in [-0.39, 0.29) is 11.9 Å². The van der Waals surface area contributed by atoms with E-state index in [1.807, 2.05) is 30.7 Å². The number of ether oxygens (including phenoxy) is 3. The Morgan fingerprint density at radius 2 is 1.87 bits per heavy atom. The second kappa shape index (κ2) is 10.5. The van der Waals surface area contributed by atoms with Crippen LogP contribution in [0.2, 0.25) is 0 Å². The van der Waals surface area contributed by atoms with Gasteiger partial charge >= 0.3 is 0 Å². The van der Waals surface area contributed by atoms with E-state index in [1.165, 1.54) is 0 Å². The zero-order valence-electron chi connectivity index (χ0n) is 19.1. The van der Waals surface area contributed by atoms with Crippen LogP contribution in [0, 0.1) is 0 Å². The average molecular weight is 432 g/mol. The molecule has 0 spiro atoms. The Hall–Kier alpha value is -2.81. The van der Waals surface area contributed by atoms with E-state index in [0.717, 1.165) is 38.0 Å². The fourth-order valence-corrected chi connectivity index (χ4v) is 4.15. The highest BCUT2D eigenvalue weighted by Crippen LogP contribution is 2.40. The Labute approximate surface area is 183 Å². The number of piperidine rings is 1. The van der Waals surface area contributed by atoms with Crippen LogP contribution in [0.4, 0.5) is 0 Å². The fraction of sp³-hybridized carbons (Fsp3) is 0.591. The van der Waals surface area contributed by atoms with Crippen molar-refractivity contribution in [3.8, 4) is 17.2 Å². The highest BCUT2D eigenvalue weighted by atomic mass is 16.5. The van der Waals surface area contributed by atoms with E-state index in [1.54, 1.807) is 32.4 Å². The molecule has 3 rings (SSSR count).